The molecular weight excluding hydrogens is 282 g/mol. The summed E-state index contributed by atoms with van der Waals surface area (Å²) in [5, 5.41) is 6.44. The molecule has 0 aromatic heterocycles. The number of ether oxygens (including phenoxy) is 1. The van der Waals surface area contributed by atoms with Gasteiger partial charge in [-0.1, -0.05) is 31.1 Å². The van der Waals surface area contributed by atoms with Crippen LogP contribution in [0, 0.1) is 0 Å². The van der Waals surface area contributed by atoms with Gasteiger partial charge in [0, 0.05) is 13.1 Å². The fourth-order valence-corrected chi connectivity index (χ4v) is 1.88. The van der Waals surface area contributed by atoms with Crippen molar-refractivity contribution in [1.82, 2.24) is 10.2 Å². The van der Waals surface area contributed by atoms with E-state index in [1.54, 1.807) is 7.11 Å². The molecule has 122 valence electrons. The highest BCUT2D eigenvalue weighted by Gasteiger charge is 2.00. The van der Waals surface area contributed by atoms with E-state index >= 15 is 0 Å². The number of carbonyl (C=O) groups is 1. The van der Waals surface area contributed by atoms with Gasteiger partial charge in [0.1, 0.15) is 18.6 Å². The van der Waals surface area contributed by atoms with Crippen LogP contribution >= 0.6 is 0 Å². The molecule has 0 spiro atoms. The van der Waals surface area contributed by atoms with Crippen LogP contribution in [-0.4, -0.2) is 50.3 Å². The highest BCUT2D eigenvalue weighted by atomic mass is 16.6. The third kappa shape index (κ3) is 7.08. The van der Waals surface area contributed by atoms with Gasteiger partial charge in [-0.2, -0.15) is 0 Å². The number of carbonyl (C=O) groups excluding carboxylic acids is 1. The summed E-state index contributed by atoms with van der Waals surface area (Å²) in [6.07, 6.45) is 1.16. The summed E-state index contributed by atoms with van der Waals surface area (Å²) >= 11 is 0. The van der Waals surface area contributed by atoms with Crippen molar-refractivity contribution >= 4 is 12.1 Å². The monoisotopic (exact) mass is 307 g/mol. The molecule has 1 rings (SSSR count). The molecule has 0 aliphatic rings. The molecule has 22 heavy (non-hydrogen) atoms. The van der Waals surface area contributed by atoms with E-state index in [0.29, 0.717) is 13.2 Å². The van der Waals surface area contributed by atoms with Crippen LogP contribution in [0.25, 0.3) is 0 Å². The first-order valence-corrected chi connectivity index (χ1v) is 7.48. The molecule has 0 aliphatic carbocycles. The maximum atomic E-state index is 11.5. The molecule has 1 aromatic rings. The van der Waals surface area contributed by atoms with E-state index in [2.05, 4.69) is 29.2 Å². The zero-order chi connectivity index (χ0) is 16.2. The molecule has 1 amide bonds. The van der Waals surface area contributed by atoms with E-state index in [1.165, 1.54) is 0 Å². The van der Waals surface area contributed by atoms with Crippen LogP contribution in [0.5, 0.6) is 5.75 Å². The molecule has 0 unspecified atom stereocenters. The fourth-order valence-electron chi connectivity index (χ4n) is 1.88. The number of nitrogens with one attached hydrogen (secondary N) is 1. The minimum atomic E-state index is -0.252. The summed E-state index contributed by atoms with van der Waals surface area (Å²) in [5.74, 6) is 0.511. The van der Waals surface area contributed by atoms with Gasteiger partial charge in [-0.3, -0.25) is 4.79 Å². The predicted octanol–water partition coefficient (Wildman–Crippen LogP) is 1.66. The Labute approximate surface area is 132 Å². The number of benzene rings is 1. The van der Waals surface area contributed by atoms with Gasteiger partial charge in [0.15, 0.2) is 0 Å². The topological polar surface area (TPSA) is 63.2 Å². The number of oxime groups is 1. The Balaban J connectivity index is 2.23. The first-order chi connectivity index (χ1) is 10.7. The third-order valence-electron chi connectivity index (χ3n) is 3.23. The van der Waals surface area contributed by atoms with Gasteiger partial charge in [0.25, 0.3) is 5.91 Å². The summed E-state index contributed by atoms with van der Waals surface area (Å²) < 4.78 is 5.12. The fraction of sp³-hybridized carbons (Fsp3) is 0.500. The lowest BCUT2D eigenvalue weighted by atomic mass is 10.2. The summed E-state index contributed by atoms with van der Waals surface area (Å²) in [6, 6.07) is 7.50. The van der Waals surface area contributed by atoms with Crippen molar-refractivity contribution in [3.63, 3.8) is 0 Å². The first kappa shape index (κ1) is 18.0. The Morgan fingerprint density at radius 1 is 1.36 bits per heavy atom. The van der Waals surface area contributed by atoms with Crippen molar-refractivity contribution in [2.75, 3.05) is 33.3 Å². The molecule has 0 bridgehead atoms. The minimum absolute atomic E-state index is 0.252. The number of likely N-dealkylation sites (N-methyl/N-ethyl adjacent to an activating group) is 1. The average molecular weight is 307 g/mol. The summed E-state index contributed by atoms with van der Waals surface area (Å²) in [7, 11) is 1.61. The number of methoxy groups -OCH3 is 1. The van der Waals surface area contributed by atoms with Crippen molar-refractivity contribution in [2.24, 2.45) is 5.16 Å². The van der Waals surface area contributed by atoms with Crippen LogP contribution in [-0.2, 0) is 16.2 Å². The maximum Gasteiger partial charge on any atom is 0.265 e. The smallest absolute Gasteiger partial charge is 0.265 e. The molecule has 0 fully saturated rings. The van der Waals surface area contributed by atoms with Crippen molar-refractivity contribution in [3.05, 3.63) is 29.8 Å². The molecule has 6 heteroatoms. The van der Waals surface area contributed by atoms with E-state index in [0.717, 1.165) is 37.2 Å². The largest absolute Gasteiger partial charge is 0.497 e. The van der Waals surface area contributed by atoms with Crippen LogP contribution in [0.2, 0.25) is 0 Å². The van der Waals surface area contributed by atoms with Crippen molar-refractivity contribution in [1.29, 1.82) is 0 Å². The predicted molar refractivity (Wildman–Crippen MR) is 87.1 cm³/mol. The maximum absolute atomic E-state index is 11.5. The first-order valence-electron chi connectivity index (χ1n) is 7.48. The molecule has 1 aromatic carbocycles. The van der Waals surface area contributed by atoms with Gasteiger partial charge >= 0.3 is 0 Å². The van der Waals surface area contributed by atoms with Crippen molar-refractivity contribution < 1.29 is 14.4 Å². The average Bonchev–Trinajstić information content (AvgIpc) is 2.56. The van der Waals surface area contributed by atoms with Gasteiger partial charge in [-0.15, -0.1) is 0 Å². The van der Waals surface area contributed by atoms with Gasteiger partial charge < -0.3 is 19.8 Å². The molecule has 6 nitrogen and oxygen atoms in total. The highest BCUT2D eigenvalue weighted by Crippen LogP contribution is 2.13. The second-order valence-corrected chi connectivity index (χ2v) is 4.68. The quantitative estimate of drug-likeness (QED) is 0.527. The third-order valence-corrected chi connectivity index (χ3v) is 3.23. The number of rotatable bonds is 10. The zero-order valence-corrected chi connectivity index (χ0v) is 13.5. The number of hydrogen-bond donors (Lipinski definition) is 1. The molecule has 0 aliphatic heterocycles. The zero-order valence-electron chi connectivity index (χ0n) is 13.5. The lowest BCUT2D eigenvalue weighted by Gasteiger charge is -2.17. The van der Waals surface area contributed by atoms with E-state index in [1.807, 2.05) is 24.3 Å². The molecule has 0 heterocycles. The van der Waals surface area contributed by atoms with Gasteiger partial charge in [-0.25, -0.2) is 0 Å². The Hall–Kier alpha value is -2.08. The van der Waals surface area contributed by atoms with Crippen LogP contribution < -0.4 is 10.1 Å². The number of nitrogens with zero attached hydrogens (tertiary/aromatic N) is 2. The normalized spacial score (nSPS) is 10.9. The van der Waals surface area contributed by atoms with E-state index < -0.39 is 0 Å². The standard InChI is InChI=1S/C16H25N3O3/c1-4-19(5-2)10-9-17-16(20)12-18-22-13-14-7-6-8-15(11-14)21-3/h6-8,11-12H,4-5,9-10,13H2,1-3H3,(H,17,20)/b18-12+. The molecule has 0 radical (unpaired) electrons. The Morgan fingerprint density at radius 2 is 2.14 bits per heavy atom. The van der Waals surface area contributed by atoms with E-state index in [-0.39, 0.29) is 5.91 Å². The molecule has 1 N–H and O–H groups in total. The van der Waals surface area contributed by atoms with Crippen LogP contribution in [0.1, 0.15) is 19.4 Å². The van der Waals surface area contributed by atoms with Crippen molar-refractivity contribution in [2.45, 2.75) is 20.5 Å². The number of amides is 1. The summed E-state index contributed by atoms with van der Waals surface area (Å²) in [6.45, 7) is 7.87. The second-order valence-electron chi connectivity index (χ2n) is 4.68. The van der Waals surface area contributed by atoms with Crippen LogP contribution in [0.15, 0.2) is 29.4 Å². The van der Waals surface area contributed by atoms with Crippen LogP contribution in [0.4, 0.5) is 0 Å². The second kappa shape index (κ2) is 10.6. The molecule has 0 saturated heterocycles. The summed E-state index contributed by atoms with van der Waals surface area (Å²) in [5.41, 5.74) is 0.929. The van der Waals surface area contributed by atoms with Crippen molar-refractivity contribution in [3.8, 4) is 5.75 Å². The van der Waals surface area contributed by atoms with Gasteiger partial charge in [0.2, 0.25) is 0 Å². The van der Waals surface area contributed by atoms with Gasteiger partial charge in [-0.05, 0) is 30.8 Å². The lowest BCUT2D eigenvalue weighted by Crippen LogP contribution is -2.35. The number of hydrogen-bond acceptors (Lipinski definition) is 5. The lowest BCUT2D eigenvalue weighted by molar-refractivity contribution is -0.114. The highest BCUT2D eigenvalue weighted by molar-refractivity contribution is 6.26. The molecule has 0 atom stereocenters. The molecule has 0 saturated carbocycles. The van der Waals surface area contributed by atoms with E-state index in [9.17, 15) is 4.79 Å². The Kier molecular flexibility index (Phi) is 8.67. The SMILES string of the molecule is CCN(CC)CCNC(=O)/C=N/OCc1cccc(OC)c1. The Bertz CT molecular complexity index is 473. The van der Waals surface area contributed by atoms with E-state index in [4.69, 9.17) is 9.57 Å². The van der Waals surface area contributed by atoms with Crippen LogP contribution in [0.3, 0.4) is 0 Å². The van der Waals surface area contributed by atoms with Gasteiger partial charge in [0.05, 0.1) is 7.11 Å². The molecular formula is C16H25N3O3. The Morgan fingerprint density at radius 3 is 2.82 bits per heavy atom. The minimum Gasteiger partial charge on any atom is -0.497 e. The summed E-state index contributed by atoms with van der Waals surface area (Å²) in [4.78, 5) is 18.9.